The molecule has 0 radical (unpaired) electrons. The molecule has 0 atom stereocenters. The third kappa shape index (κ3) is 3.05. The van der Waals surface area contributed by atoms with Gasteiger partial charge in [-0.05, 0) is 39.3 Å². The summed E-state index contributed by atoms with van der Waals surface area (Å²) in [5.74, 6) is 0.0159. The van der Waals surface area contributed by atoms with Crippen molar-refractivity contribution in [3.8, 4) is 10.6 Å². The Balaban J connectivity index is 1.78. The van der Waals surface area contributed by atoms with Gasteiger partial charge < -0.3 is 9.88 Å². The highest BCUT2D eigenvalue weighted by atomic mass is 32.1. The minimum absolute atomic E-state index is 0.0159. The first kappa shape index (κ1) is 18.6. The highest BCUT2D eigenvalue weighted by molar-refractivity contribution is 7.21. The molecule has 1 N–H and O–H groups in total. The number of hydrogen-bond donors (Lipinski definition) is 1. The molecule has 0 aliphatic carbocycles. The van der Waals surface area contributed by atoms with Crippen LogP contribution in [0.1, 0.15) is 33.3 Å². The molecule has 0 saturated carbocycles. The Morgan fingerprint density at radius 3 is 2.79 bits per heavy atom. The van der Waals surface area contributed by atoms with Crippen LogP contribution in [-0.4, -0.2) is 31.5 Å². The first-order valence-electron chi connectivity index (χ1n) is 9.26. The summed E-state index contributed by atoms with van der Waals surface area (Å²) in [6.07, 6.45) is 3.57. The van der Waals surface area contributed by atoms with E-state index in [1.165, 1.54) is 0 Å². The third-order valence-corrected chi connectivity index (χ3v) is 5.93. The second-order valence-electron chi connectivity index (χ2n) is 7.85. The number of aryl methyl sites for hydroxylation is 1. The molecule has 0 bridgehead atoms. The van der Waals surface area contributed by atoms with E-state index in [0.717, 1.165) is 37.5 Å². The van der Waals surface area contributed by atoms with Gasteiger partial charge in [-0.2, -0.15) is 0 Å². The molecule has 0 saturated heterocycles. The molecule has 144 valence electrons. The van der Waals surface area contributed by atoms with E-state index in [1.807, 2.05) is 57.5 Å². The minimum atomic E-state index is -0.634. The maximum Gasteiger partial charge on any atom is 0.230 e. The lowest BCUT2D eigenvalue weighted by Gasteiger charge is -2.26. The van der Waals surface area contributed by atoms with Crippen LogP contribution in [0.15, 0.2) is 36.8 Å². The molecule has 0 spiro atoms. The molecule has 4 aromatic rings. The quantitative estimate of drug-likeness (QED) is 0.568. The SMILES string of the molecule is CC(C)NC(=O)C(C)(C)c1cccc(-c2nc3c(ncc4ncn(C)c43)s2)c1. The summed E-state index contributed by atoms with van der Waals surface area (Å²) in [4.78, 5) is 27.3. The Morgan fingerprint density at radius 1 is 1.25 bits per heavy atom. The predicted molar refractivity (Wildman–Crippen MR) is 113 cm³/mol. The maximum atomic E-state index is 12.7. The standard InChI is InChI=1S/C21H23N5OS/c1-12(2)24-20(27)21(3,4)14-8-6-7-13(9-14)18-25-16-17-15(23-11-26(17)5)10-22-19(16)28-18/h6-12H,1-5H3,(H,24,27). The molecule has 7 heteroatoms. The fourth-order valence-electron chi connectivity index (χ4n) is 3.24. The zero-order valence-electron chi connectivity index (χ0n) is 16.6. The van der Waals surface area contributed by atoms with Crippen LogP contribution in [0, 0.1) is 0 Å². The molecular weight excluding hydrogens is 370 g/mol. The maximum absolute atomic E-state index is 12.7. The summed E-state index contributed by atoms with van der Waals surface area (Å²) in [5.41, 5.74) is 4.00. The third-order valence-electron chi connectivity index (χ3n) is 4.92. The number of rotatable bonds is 4. The van der Waals surface area contributed by atoms with Gasteiger partial charge in [0.25, 0.3) is 0 Å². The first-order chi connectivity index (χ1) is 13.3. The average Bonchev–Trinajstić information content (AvgIpc) is 3.24. The normalized spacial score (nSPS) is 12.2. The number of carbonyl (C=O) groups is 1. The van der Waals surface area contributed by atoms with E-state index in [9.17, 15) is 4.79 Å². The molecule has 6 nitrogen and oxygen atoms in total. The van der Waals surface area contributed by atoms with Crippen molar-refractivity contribution in [2.75, 3.05) is 0 Å². The lowest BCUT2D eigenvalue weighted by atomic mass is 9.83. The smallest absolute Gasteiger partial charge is 0.230 e. The minimum Gasteiger partial charge on any atom is -0.353 e. The van der Waals surface area contributed by atoms with Crippen molar-refractivity contribution >= 4 is 38.6 Å². The van der Waals surface area contributed by atoms with Crippen LogP contribution in [-0.2, 0) is 17.3 Å². The zero-order chi connectivity index (χ0) is 20.1. The molecule has 4 rings (SSSR count). The Kier molecular flexibility index (Phi) is 4.42. The van der Waals surface area contributed by atoms with Gasteiger partial charge in [0.1, 0.15) is 20.9 Å². The molecule has 1 aromatic carbocycles. The second kappa shape index (κ2) is 6.67. The largest absolute Gasteiger partial charge is 0.353 e. The van der Waals surface area contributed by atoms with E-state index in [1.54, 1.807) is 23.9 Å². The molecule has 28 heavy (non-hydrogen) atoms. The van der Waals surface area contributed by atoms with Gasteiger partial charge in [-0.15, -0.1) is 0 Å². The summed E-state index contributed by atoms with van der Waals surface area (Å²) in [7, 11) is 1.96. The molecule has 3 heterocycles. The highest BCUT2D eigenvalue weighted by Gasteiger charge is 2.30. The number of pyridine rings is 1. The number of fused-ring (bicyclic) bond motifs is 3. The van der Waals surface area contributed by atoms with Crippen LogP contribution in [0.4, 0.5) is 0 Å². The molecule has 0 unspecified atom stereocenters. The number of thiazole rings is 1. The van der Waals surface area contributed by atoms with Gasteiger partial charge in [-0.25, -0.2) is 15.0 Å². The van der Waals surface area contributed by atoms with Crippen LogP contribution >= 0.6 is 11.3 Å². The summed E-state index contributed by atoms with van der Waals surface area (Å²) in [6.45, 7) is 7.83. The number of hydrogen-bond acceptors (Lipinski definition) is 5. The van der Waals surface area contributed by atoms with Crippen molar-refractivity contribution < 1.29 is 4.79 Å². The zero-order valence-corrected chi connectivity index (χ0v) is 17.5. The van der Waals surface area contributed by atoms with E-state index in [4.69, 9.17) is 4.98 Å². The fraction of sp³-hybridized carbons (Fsp3) is 0.333. The van der Waals surface area contributed by atoms with E-state index < -0.39 is 5.41 Å². The number of aromatic nitrogens is 4. The van der Waals surface area contributed by atoms with E-state index in [0.29, 0.717) is 0 Å². The average molecular weight is 394 g/mol. The lowest BCUT2D eigenvalue weighted by Crippen LogP contribution is -2.43. The molecule has 0 aliphatic heterocycles. The van der Waals surface area contributed by atoms with Gasteiger partial charge >= 0.3 is 0 Å². The summed E-state index contributed by atoms with van der Waals surface area (Å²) in [5, 5.41) is 3.90. The Hall–Kier alpha value is -2.80. The number of benzene rings is 1. The number of amides is 1. The number of nitrogens with one attached hydrogen (secondary N) is 1. The Labute approximate surface area is 167 Å². The number of carbonyl (C=O) groups excluding carboxylic acids is 1. The van der Waals surface area contributed by atoms with Crippen molar-refractivity contribution in [1.29, 1.82) is 0 Å². The molecular formula is C21H23N5OS. The Bertz CT molecular complexity index is 1190. The van der Waals surface area contributed by atoms with Gasteiger partial charge in [-0.3, -0.25) is 4.79 Å². The van der Waals surface area contributed by atoms with E-state index in [2.05, 4.69) is 21.4 Å². The van der Waals surface area contributed by atoms with Gasteiger partial charge in [0.15, 0.2) is 0 Å². The van der Waals surface area contributed by atoms with Crippen molar-refractivity contribution in [2.45, 2.75) is 39.2 Å². The van der Waals surface area contributed by atoms with Gasteiger partial charge in [0.05, 0.1) is 23.5 Å². The van der Waals surface area contributed by atoms with Crippen molar-refractivity contribution in [3.63, 3.8) is 0 Å². The summed E-state index contributed by atoms with van der Waals surface area (Å²) >= 11 is 1.55. The van der Waals surface area contributed by atoms with E-state index >= 15 is 0 Å². The number of imidazole rings is 1. The topological polar surface area (TPSA) is 72.7 Å². The summed E-state index contributed by atoms with van der Waals surface area (Å²) < 4.78 is 1.97. The molecule has 0 aliphatic rings. The predicted octanol–water partition coefficient (Wildman–Crippen LogP) is 4.05. The van der Waals surface area contributed by atoms with Gasteiger partial charge in [-0.1, -0.05) is 29.5 Å². The second-order valence-corrected chi connectivity index (χ2v) is 8.83. The van der Waals surface area contributed by atoms with Crippen molar-refractivity contribution in [1.82, 2.24) is 24.8 Å². The number of nitrogens with zero attached hydrogens (tertiary/aromatic N) is 4. The Morgan fingerprint density at radius 2 is 2.04 bits per heavy atom. The highest BCUT2D eigenvalue weighted by Crippen LogP contribution is 2.34. The van der Waals surface area contributed by atoms with Gasteiger partial charge in [0.2, 0.25) is 5.91 Å². The van der Waals surface area contributed by atoms with Crippen LogP contribution < -0.4 is 5.32 Å². The van der Waals surface area contributed by atoms with Crippen molar-refractivity contribution in [3.05, 3.63) is 42.4 Å². The monoisotopic (exact) mass is 393 g/mol. The first-order valence-corrected chi connectivity index (χ1v) is 10.1. The molecule has 0 fully saturated rings. The van der Waals surface area contributed by atoms with Crippen LogP contribution in [0.3, 0.4) is 0 Å². The van der Waals surface area contributed by atoms with E-state index in [-0.39, 0.29) is 11.9 Å². The van der Waals surface area contributed by atoms with Gasteiger partial charge in [0, 0.05) is 18.7 Å². The summed E-state index contributed by atoms with van der Waals surface area (Å²) in [6, 6.07) is 8.16. The lowest BCUT2D eigenvalue weighted by molar-refractivity contribution is -0.126. The molecule has 3 aromatic heterocycles. The van der Waals surface area contributed by atoms with Crippen LogP contribution in [0.2, 0.25) is 0 Å². The molecule has 1 amide bonds. The van der Waals surface area contributed by atoms with Crippen molar-refractivity contribution in [2.24, 2.45) is 7.05 Å². The van der Waals surface area contributed by atoms with Crippen LogP contribution in [0.5, 0.6) is 0 Å². The fourth-order valence-corrected chi connectivity index (χ4v) is 4.15. The van der Waals surface area contributed by atoms with Crippen LogP contribution in [0.25, 0.3) is 32.0 Å².